The van der Waals surface area contributed by atoms with Crippen molar-refractivity contribution in [2.24, 2.45) is 0 Å². The molecule has 1 aromatic carbocycles. The number of carbonyl (C=O) groups excluding carboxylic acids is 2. The number of anilines is 1. The summed E-state index contributed by atoms with van der Waals surface area (Å²) in [5.74, 6) is -0.336. The van der Waals surface area contributed by atoms with Crippen molar-refractivity contribution in [3.05, 3.63) is 17.7 Å². The molecular formula is C12H13NO4. The lowest BCUT2D eigenvalue weighted by Crippen LogP contribution is -2.07. The van der Waals surface area contributed by atoms with Crippen molar-refractivity contribution >= 4 is 17.6 Å². The van der Waals surface area contributed by atoms with Crippen molar-refractivity contribution < 1.29 is 19.1 Å². The Labute approximate surface area is 98.7 Å². The molecule has 1 aliphatic rings. The van der Waals surface area contributed by atoms with Crippen molar-refractivity contribution in [3.8, 4) is 11.5 Å². The number of hydrogen-bond donors (Lipinski definition) is 1. The van der Waals surface area contributed by atoms with Gasteiger partial charge in [-0.3, -0.25) is 9.59 Å². The van der Waals surface area contributed by atoms with Gasteiger partial charge < -0.3 is 14.8 Å². The van der Waals surface area contributed by atoms with Gasteiger partial charge in [0.15, 0.2) is 11.5 Å². The number of hydrogen-bond acceptors (Lipinski definition) is 5. The van der Waals surface area contributed by atoms with Crippen molar-refractivity contribution in [1.29, 1.82) is 0 Å². The smallest absolute Gasteiger partial charge is 0.308 e. The Hall–Kier alpha value is -2.04. The third kappa shape index (κ3) is 2.55. The van der Waals surface area contributed by atoms with Gasteiger partial charge >= 0.3 is 11.9 Å². The van der Waals surface area contributed by atoms with E-state index in [0.717, 1.165) is 24.2 Å². The van der Waals surface area contributed by atoms with E-state index < -0.39 is 11.9 Å². The minimum atomic E-state index is -0.448. The molecule has 0 radical (unpaired) electrons. The summed E-state index contributed by atoms with van der Waals surface area (Å²) < 4.78 is 10.0. The number of ether oxygens (including phenoxy) is 2. The molecular weight excluding hydrogens is 222 g/mol. The van der Waals surface area contributed by atoms with Crippen LogP contribution in [0.25, 0.3) is 0 Å². The number of rotatable bonds is 2. The highest BCUT2D eigenvalue weighted by Gasteiger charge is 2.18. The van der Waals surface area contributed by atoms with Crippen molar-refractivity contribution in [2.45, 2.75) is 20.3 Å². The highest BCUT2D eigenvalue weighted by atomic mass is 16.6. The third-order valence-corrected chi connectivity index (χ3v) is 2.39. The molecule has 0 aromatic heterocycles. The molecule has 5 nitrogen and oxygen atoms in total. The lowest BCUT2D eigenvalue weighted by atomic mass is 10.1. The molecule has 0 unspecified atom stereocenters. The molecule has 5 heteroatoms. The fourth-order valence-electron chi connectivity index (χ4n) is 1.77. The van der Waals surface area contributed by atoms with Gasteiger partial charge in [0.25, 0.3) is 0 Å². The predicted octanol–water partition coefficient (Wildman–Crippen LogP) is 1.51. The Morgan fingerprint density at radius 1 is 1.12 bits per heavy atom. The third-order valence-electron chi connectivity index (χ3n) is 2.39. The highest BCUT2D eigenvalue weighted by molar-refractivity contribution is 5.76. The Balaban J connectivity index is 2.39. The lowest BCUT2D eigenvalue weighted by Gasteiger charge is -2.10. The van der Waals surface area contributed by atoms with Crippen LogP contribution in [0.3, 0.4) is 0 Å². The van der Waals surface area contributed by atoms with Gasteiger partial charge in [-0.15, -0.1) is 0 Å². The van der Waals surface area contributed by atoms with Crippen molar-refractivity contribution in [3.63, 3.8) is 0 Å². The van der Waals surface area contributed by atoms with Crippen molar-refractivity contribution in [2.75, 3.05) is 11.9 Å². The van der Waals surface area contributed by atoms with Gasteiger partial charge in [-0.1, -0.05) is 0 Å². The van der Waals surface area contributed by atoms with Crippen molar-refractivity contribution in [1.82, 2.24) is 0 Å². The van der Waals surface area contributed by atoms with E-state index in [1.807, 2.05) is 0 Å². The average Bonchev–Trinajstić information content (AvgIpc) is 2.63. The average molecular weight is 235 g/mol. The summed E-state index contributed by atoms with van der Waals surface area (Å²) in [7, 11) is 0. The van der Waals surface area contributed by atoms with E-state index >= 15 is 0 Å². The van der Waals surface area contributed by atoms with E-state index in [0.29, 0.717) is 0 Å². The first kappa shape index (κ1) is 11.4. The van der Waals surface area contributed by atoms with Crippen LogP contribution < -0.4 is 14.8 Å². The normalized spacial score (nSPS) is 12.6. The second kappa shape index (κ2) is 4.45. The van der Waals surface area contributed by atoms with Crippen LogP contribution >= 0.6 is 0 Å². The molecule has 0 saturated heterocycles. The molecule has 90 valence electrons. The van der Waals surface area contributed by atoms with Gasteiger partial charge in [0.05, 0.1) is 0 Å². The molecule has 1 aliphatic heterocycles. The second-order valence-electron chi connectivity index (χ2n) is 3.82. The van der Waals surface area contributed by atoms with Gasteiger partial charge in [0.2, 0.25) is 0 Å². The number of esters is 2. The molecule has 0 aliphatic carbocycles. The summed E-state index contributed by atoms with van der Waals surface area (Å²) in [5.41, 5.74) is 1.97. The maximum absolute atomic E-state index is 11.0. The zero-order valence-corrected chi connectivity index (χ0v) is 9.70. The second-order valence-corrected chi connectivity index (χ2v) is 3.82. The largest absolute Gasteiger partial charge is 0.423 e. The SMILES string of the molecule is CC(=O)Oc1cc2c(cc1OC(C)=O)NCC2. The van der Waals surface area contributed by atoms with Gasteiger partial charge in [0, 0.05) is 32.1 Å². The Bertz CT molecular complexity index is 439. The monoisotopic (exact) mass is 235 g/mol. The van der Waals surface area contributed by atoms with Crippen LogP contribution in [0.4, 0.5) is 5.69 Å². The number of carbonyl (C=O) groups is 2. The molecule has 17 heavy (non-hydrogen) atoms. The van der Waals surface area contributed by atoms with Crippen LogP contribution in [0.2, 0.25) is 0 Å². The number of nitrogens with one attached hydrogen (secondary N) is 1. The van der Waals surface area contributed by atoms with Crippen LogP contribution in [0.15, 0.2) is 12.1 Å². The minimum Gasteiger partial charge on any atom is -0.423 e. The molecule has 0 saturated carbocycles. The standard InChI is InChI=1S/C12H13NO4/c1-7(14)16-11-5-9-3-4-13-10(9)6-12(11)17-8(2)15/h5-6,13H,3-4H2,1-2H3. The topological polar surface area (TPSA) is 64.6 Å². The van der Waals surface area contributed by atoms with E-state index in [9.17, 15) is 9.59 Å². The van der Waals surface area contributed by atoms with E-state index in [2.05, 4.69) is 5.32 Å². The molecule has 1 N–H and O–H groups in total. The summed E-state index contributed by atoms with van der Waals surface area (Å²) in [5, 5.41) is 3.16. The summed E-state index contributed by atoms with van der Waals surface area (Å²) >= 11 is 0. The molecule has 0 amide bonds. The first-order chi connectivity index (χ1) is 8.06. The van der Waals surface area contributed by atoms with E-state index in [4.69, 9.17) is 9.47 Å². The lowest BCUT2D eigenvalue weighted by molar-refractivity contribution is -0.134. The summed E-state index contributed by atoms with van der Waals surface area (Å²) in [6, 6.07) is 3.41. The summed E-state index contributed by atoms with van der Waals surface area (Å²) in [6.07, 6.45) is 0.865. The van der Waals surface area contributed by atoms with E-state index in [1.54, 1.807) is 12.1 Å². The van der Waals surface area contributed by atoms with Crippen LogP contribution in [-0.2, 0) is 16.0 Å². The molecule has 0 bridgehead atoms. The summed E-state index contributed by atoms with van der Waals surface area (Å²) in [6.45, 7) is 3.44. The molecule has 1 aromatic rings. The van der Waals surface area contributed by atoms with Gasteiger partial charge in [-0.2, -0.15) is 0 Å². The quantitative estimate of drug-likeness (QED) is 0.621. The maximum Gasteiger partial charge on any atom is 0.308 e. The van der Waals surface area contributed by atoms with E-state index in [1.165, 1.54) is 13.8 Å². The minimum absolute atomic E-state index is 0.265. The maximum atomic E-state index is 11.0. The fourth-order valence-corrected chi connectivity index (χ4v) is 1.77. The zero-order valence-electron chi connectivity index (χ0n) is 9.70. The first-order valence-electron chi connectivity index (χ1n) is 5.34. The van der Waals surface area contributed by atoms with Gasteiger partial charge in [-0.05, 0) is 18.1 Å². The van der Waals surface area contributed by atoms with Crippen LogP contribution in [0.1, 0.15) is 19.4 Å². The van der Waals surface area contributed by atoms with Crippen LogP contribution in [-0.4, -0.2) is 18.5 Å². The molecule has 2 rings (SSSR count). The highest BCUT2D eigenvalue weighted by Crippen LogP contribution is 2.36. The Kier molecular flexibility index (Phi) is 2.99. The zero-order chi connectivity index (χ0) is 12.4. The van der Waals surface area contributed by atoms with Crippen LogP contribution in [0, 0.1) is 0 Å². The first-order valence-corrected chi connectivity index (χ1v) is 5.34. The Morgan fingerprint density at radius 3 is 2.29 bits per heavy atom. The molecule has 0 fully saturated rings. The molecule has 0 spiro atoms. The number of benzene rings is 1. The fraction of sp³-hybridized carbons (Fsp3) is 0.333. The van der Waals surface area contributed by atoms with Gasteiger partial charge in [0.1, 0.15) is 0 Å². The van der Waals surface area contributed by atoms with Crippen LogP contribution in [0.5, 0.6) is 11.5 Å². The predicted molar refractivity (Wildman–Crippen MR) is 61.3 cm³/mol. The number of fused-ring (bicyclic) bond motifs is 1. The Morgan fingerprint density at radius 2 is 1.71 bits per heavy atom. The molecule has 1 heterocycles. The molecule has 0 atom stereocenters. The van der Waals surface area contributed by atoms with Gasteiger partial charge in [-0.25, -0.2) is 0 Å². The summed E-state index contributed by atoms with van der Waals surface area (Å²) in [4.78, 5) is 21.9. The van der Waals surface area contributed by atoms with E-state index in [-0.39, 0.29) is 11.5 Å².